The lowest BCUT2D eigenvalue weighted by atomic mass is 9.95. The maximum atomic E-state index is 12.4. The molecule has 1 aliphatic carbocycles. The summed E-state index contributed by atoms with van der Waals surface area (Å²) in [4.78, 5) is 12.6. The maximum absolute atomic E-state index is 12.4. The van der Waals surface area contributed by atoms with Crippen LogP contribution >= 0.6 is 0 Å². The van der Waals surface area contributed by atoms with Gasteiger partial charge in [0, 0.05) is 18.2 Å². The Hall–Kier alpha value is -1.44. The molecule has 1 amide bonds. The van der Waals surface area contributed by atoms with Gasteiger partial charge in [-0.25, -0.2) is 13.1 Å². The summed E-state index contributed by atoms with van der Waals surface area (Å²) in [5.41, 5.74) is 5.84. The van der Waals surface area contributed by atoms with Crippen molar-refractivity contribution in [2.75, 3.05) is 6.54 Å². The van der Waals surface area contributed by atoms with Gasteiger partial charge in [0.25, 0.3) is 5.91 Å². The molecule has 2 unspecified atom stereocenters. The molecule has 4 N–H and O–H groups in total. The average Bonchev–Trinajstić information content (AvgIpc) is 3.39. The second kappa shape index (κ2) is 7.21. The van der Waals surface area contributed by atoms with Crippen LogP contribution in [-0.4, -0.2) is 32.5 Å². The molecule has 1 aromatic rings. The second-order valence-corrected chi connectivity index (χ2v) is 8.52. The Morgan fingerprint density at radius 3 is 2.38 bits per heavy atom. The zero-order valence-electron chi connectivity index (χ0n) is 14.5. The molecule has 7 heteroatoms. The van der Waals surface area contributed by atoms with Crippen molar-refractivity contribution in [1.29, 1.82) is 0 Å². The Balaban J connectivity index is 2.10. The molecule has 0 heterocycles. The maximum Gasteiger partial charge on any atom is 0.251 e. The van der Waals surface area contributed by atoms with Crippen LogP contribution in [-0.2, 0) is 10.0 Å². The molecule has 1 saturated carbocycles. The lowest BCUT2D eigenvalue weighted by Crippen LogP contribution is -2.53. The standard InChI is InChI=1S/C17H27N3O3S/c1-4-12(2)20-24(22,23)15-9-5-13(6-10-15)16(21)19-17(3,11-18)14-7-8-14/h5-6,9-10,12,14,20H,4,7-8,11,18H2,1-3H3,(H,19,21). The molecule has 1 aliphatic rings. The first-order chi connectivity index (χ1) is 11.2. The fraction of sp³-hybridized carbons (Fsp3) is 0.588. The molecule has 0 radical (unpaired) electrons. The van der Waals surface area contributed by atoms with Gasteiger partial charge in [-0.15, -0.1) is 0 Å². The third kappa shape index (κ3) is 4.34. The van der Waals surface area contributed by atoms with E-state index < -0.39 is 15.6 Å². The fourth-order valence-corrected chi connectivity index (χ4v) is 3.90. The van der Waals surface area contributed by atoms with Gasteiger partial charge in [0.15, 0.2) is 0 Å². The van der Waals surface area contributed by atoms with Crippen molar-refractivity contribution >= 4 is 15.9 Å². The molecule has 1 fully saturated rings. The molecule has 134 valence electrons. The molecular weight excluding hydrogens is 326 g/mol. The number of carbonyl (C=O) groups excluding carboxylic acids is 1. The number of sulfonamides is 1. The number of nitrogens with one attached hydrogen (secondary N) is 2. The van der Waals surface area contributed by atoms with Crippen molar-refractivity contribution in [2.24, 2.45) is 11.7 Å². The van der Waals surface area contributed by atoms with E-state index in [0.29, 0.717) is 24.4 Å². The van der Waals surface area contributed by atoms with Crippen LogP contribution in [0.3, 0.4) is 0 Å². The van der Waals surface area contributed by atoms with E-state index in [4.69, 9.17) is 5.73 Å². The van der Waals surface area contributed by atoms with Crippen LogP contribution in [0.1, 0.15) is 50.4 Å². The highest BCUT2D eigenvalue weighted by Crippen LogP contribution is 2.39. The Kier molecular flexibility index (Phi) is 5.67. The molecule has 0 aromatic heterocycles. The Morgan fingerprint density at radius 2 is 1.92 bits per heavy atom. The quantitative estimate of drug-likeness (QED) is 0.661. The predicted molar refractivity (Wildman–Crippen MR) is 94.2 cm³/mol. The number of hydrogen-bond donors (Lipinski definition) is 3. The van der Waals surface area contributed by atoms with Gasteiger partial charge in [0.2, 0.25) is 10.0 Å². The molecule has 0 bridgehead atoms. The zero-order chi connectivity index (χ0) is 18.0. The fourth-order valence-electron chi connectivity index (χ4n) is 2.57. The van der Waals surface area contributed by atoms with Gasteiger partial charge in [0.05, 0.1) is 10.4 Å². The third-order valence-corrected chi connectivity index (χ3v) is 6.30. The lowest BCUT2D eigenvalue weighted by Gasteiger charge is -2.29. The highest BCUT2D eigenvalue weighted by molar-refractivity contribution is 7.89. The SMILES string of the molecule is CCC(C)NS(=O)(=O)c1ccc(C(=O)NC(C)(CN)C2CC2)cc1. The van der Waals surface area contributed by atoms with Gasteiger partial charge in [-0.3, -0.25) is 4.79 Å². The first kappa shape index (κ1) is 18.9. The van der Waals surface area contributed by atoms with Crippen LogP contribution in [0.5, 0.6) is 0 Å². The van der Waals surface area contributed by atoms with Gasteiger partial charge in [-0.1, -0.05) is 6.92 Å². The predicted octanol–water partition coefficient (Wildman–Crippen LogP) is 1.62. The lowest BCUT2D eigenvalue weighted by molar-refractivity contribution is 0.0897. The van der Waals surface area contributed by atoms with E-state index in [1.807, 2.05) is 20.8 Å². The van der Waals surface area contributed by atoms with Crippen molar-refractivity contribution in [2.45, 2.75) is 56.5 Å². The van der Waals surface area contributed by atoms with Crippen LogP contribution in [0, 0.1) is 5.92 Å². The summed E-state index contributed by atoms with van der Waals surface area (Å²) in [6.07, 6.45) is 2.86. The molecule has 24 heavy (non-hydrogen) atoms. The number of benzene rings is 1. The summed E-state index contributed by atoms with van der Waals surface area (Å²) in [6, 6.07) is 5.84. The highest BCUT2D eigenvalue weighted by Gasteiger charge is 2.41. The molecule has 0 aliphatic heterocycles. The van der Waals surface area contributed by atoms with Crippen molar-refractivity contribution in [1.82, 2.24) is 10.0 Å². The average molecular weight is 353 g/mol. The molecule has 0 saturated heterocycles. The topological polar surface area (TPSA) is 101 Å². The Bertz CT molecular complexity index is 684. The van der Waals surface area contributed by atoms with Crippen LogP contribution in [0.25, 0.3) is 0 Å². The highest BCUT2D eigenvalue weighted by atomic mass is 32.2. The van der Waals surface area contributed by atoms with Crippen LogP contribution in [0.4, 0.5) is 0 Å². The number of hydrogen-bond acceptors (Lipinski definition) is 4. The van der Waals surface area contributed by atoms with Crippen molar-refractivity contribution < 1.29 is 13.2 Å². The van der Waals surface area contributed by atoms with E-state index in [0.717, 1.165) is 12.8 Å². The Morgan fingerprint density at radius 1 is 1.33 bits per heavy atom. The van der Waals surface area contributed by atoms with Crippen LogP contribution in [0.15, 0.2) is 29.2 Å². The summed E-state index contributed by atoms with van der Waals surface area (Å²) in [7, 11) is -3.56. The monoisotopic (exact) mass is 353 g/mol. The van der Waals surface area contributed by atoms with E-state index in [1.165, 1.54) is 24.3 Å². The van der Waals surface area contributed by atoms with Crippen molar-refractivity contribution in [3.8, 4) is 0 Å². The van der Waals surface area contributed by atoms with E-state index in [9.17, 15) is 13.2 Å². The minimum absolute atomic E-state index is 0.137. The van der Waals surface area contributed by atoms with Gasteiger partial charge in [-0.2, -0.15) is 0 Å². The van der Waals surface area contributed by atoms with Crippen LogP contribution < -0.4 is 15.8 Å². The minimum Gasteiger partial charge on any atom is -0.345 e. The van der Waals surface area contributed by atoms with Gasteiger partial charge >= 0.3 is 0 Å². The first-order valence-corrected chi connectivity index (χ1v) is 9.85. The second-order valence-electron chi connectivity index (χ2n) is 6.80. The van der Waals surface area contributed by atoms with Crippen molar-refractivity contribution in [3.05, 3.63) is 29.8 Å². The molecule has 0 spiro atoms. The molecule has 2 rings (SSSR count). The van der Waals surface area contributed by atoms with E-state index in [-0.39, 0.29) is 16.8 Å². The first-order valence-electron chi connectivity index (χ1n) is 8.37. The molecular formula is C17H27N3O3S. The summed E-state index contributed by atoms with van der Waals surface area (Å²) in [5, 5.41) is 2.99. The minimum atomic E-state index is -3.56. The summed E-state index contributed by atoms with van der Waals surface area (Å²) in [6.45, 7) is 6.06. The smallest absolute Gasteiger partial charge is 0.251 e. The van der Waals surface area contributed by atoms with Crippen molar-refractivity contribution in [3.63, 3.8) is 0 Å². The summed E-state index contributed by atoms with van der Waals surface area (Å²) >= 11 is 0. The largest absolute Gasteiger partial charge is 0.345 e. The summed E-state index contributed by atoms with van der Waals surface area (Å²) in [5.74, 6) is 0.194. The molecule has 6 nitrogen and oxygen atoms in total. The number of carbonyl (C=O) groups is 1. The van der Waals surface area contributed by atoms with E-state index >= 15 is 0 Å². The van der Waals surface area contributed by atoms with Gasteiger partial charge in [-0.05, 0) is 63.3 Å². The van der Waals surface area contributed by atoms with Gasteiger partial charge < -0.3 is 11.1 Å². The van der Waals surface area contributed by atoms with Crippen LogP contribution in [0.2, 0.25) is 0 Å². The summed E-state index contributed by atoms with van der Waals surface area (Å²) < 4.78 is 27.1. The number of rotatable bonds is 8. The number of amides is 1. The molecule has 2 atom stereocenters. The van der Waals surface area contributed by atoms with E-state index in [1.54, 1.807) is 0 Å². The third-order valence-electron chi connectivity index (χ3n) is 4.70. The normalized spacial score (nSPS) is 18.7. The zero-order valence-corrected chi connectivity index (χ0v) is 15.3. The Labute approximate surface area is 144 Å². The molecule has 1 aromatic carbocycles. The van der Waals surface area contributed by atoms with Gasteiger partial charge in [0.1, 0.15) is 0 Å². The number of nitrogens with two attached hydrogens (primary N) is 1. The van der Waals surface area contributed by atoms with E-state index in [2.05, 4.69) is 10.0 Å².